The topological polar surface area (TPSA) is 355 Å². The molecule has 1 aromatic heterocycles. The maximum atomic E-state index is 13.3. The Balaban J connectivity index is 1.46. The minimum Gasteiger partial charge on any atom is -0.480 e. The van der Waals surface area contributed by atoms with E-state index in [1.165, 1.54) is 28.6 Å². The molecule has 1 aliphatic rings. The molecule has 2 atom stereocenters. The molecule has 1 aromatic carbocycles. The van der Waals surface area contributed by atoms with E-state index >= 15 is 0 Å². The Bertz CT molecular complexity index is 2160. The Labute approximate surface area is 433 Å². The minimum atomic E-state index is -1.27. The summed E-state index contributed by atoms with van der Waals surface area (Å²) in [6.07, 6.45) is 4.99. The molecule has 27 heteroatoms. The summed E-state index contributed by atoms with van der Waals surface area (Å²) in [5, 5.41) is 59.2. The normalized spacial score (nSPS) is 15.1. The Morgan fingerprint density at radius 2 is 1.19 bits per heavy atom. The van der Waals surface area contributed by atoms with Gasteiger partial charge in [0.2, 0.25) is 23.6 Å². The first-order chi connectivity index (χ1) is 35.2. The van der Waals surface area contributed by atoms with Gasteiger partial charge in [-0.05, 0) is 55.4 Å². The summed E-state index contributed by atoms with van der Waals surface area (Å²) < 4.78 is 1.44. The van der Waals surface area contributed by atoms with Crippen LogP contribution in [0, 0.1) is 5.92 Å². The Morgan fingerprint density at radius 3 is 1.70 bits per heavy atom. The number of aromatic nitrogens is 3. The molecule has 5 amide bonds. The molecule has 2 unspecified atom stereocenters. The molecule has 1 saturated heterocycles. The first kappa shape index (κ1) is 61.7. The van der Waals surface area contributed by atoms with Gasteiger partial charge in [0.15, 0.2) is 5.78 Å². The molecule has 0 aliphatic carbocycles. The van der Waals surface area contributed by atoms with Crippen LogP contribution in [0.25, 0.3) is 0 Å². The van der Waals surface area contributed by atoms with Crippen molar-refractivity contribution in [2.45, 2.75) is 77.5 Å². The fourth-order valence-corrected chi connectivity index (χ4v) is 7.93. The fraction of sp³-hybridized carbons (Fsp3) is 0.617. The first-order valence-electron chi connectivity index (χ1n) is 24.4. The number of carboxylic acid groups (broad SMARTS) is 4. The molecular weight excluding hydrogens is 989 g/mol. The zero-order valence-electron chi connectivity index (χ0n) is 42.3. The summed E-state index contributed by atoms with van der Waals surface area (Å²) in [6.45, 7) is 4.55. The highest BCUT2D eigenvalue weighted by Crippen LogP contribution is 2.09. The van der Waals surface area contributed by atoms with Crippen LogP contribution in [-0.2, 0) is 62.7 Å². The standard InChI is InChI=1S/C47H72N12O14S/c1-32(2)38(60)27-59-26-35(53-54-59)11-12-39(61)48-14-5-4-6-37(47(72)73)51-40(62)25-50-46(71)36(13-23-74-3)52-45(70)34-9-7-33(8-10-34)24-49-41(63)28-55-15-17-56(29-42(64)65)19-21-58(31-44(68)69)22-20-57(18-16-55)30-43(66)67/h7-10,26,32,36-37H,4-6,11-25,27-31H2,1-3H3,(H,48,61)(H,49,63)(H,50,71)(H,51,62)(H,52,70)(H,64,65)(H,66,67)(H,68,69)(H,72,73). The van der Waals surface area contributed by atoms with E-state index in [1.54, 1.807) is 51.8 Å². The highest BCUT2D eigenvalue weighted by molar-refractivity contribution is 7.98. The number of carbonyl (C=O) groups is 10. The van der Waals surface area contributed by atoms with E-state index in [-0.39, 0.29) is 147 Å². The predicted molar refractivity (Wildman–Crippen MR) is 269 cm³/mol. The van der Waals surface area contributed by atoms with Gasteiger partial charge in [-0.2, -0.15) is 11.8 Å². The lowest BCUT2D eigenvalue weighted by Gasteiger charge is -2.32. The van der Waals surface area contributed by atoms with Gasteiger partial charge in [0, 0.05) is 96.0 Å². The lowest BCUT2D eigenvalue weighted by molar-refractivity contribution is -0.142. The van der Waals surface area contributed by atoms with Crippen molar-refractivity contribution in [3.63, 3.8) is 0 Å². The van der Waals surface area contributed by atoms with Crippen LogP contribution in [0.4, 0.5) is 0 Å². The number of aryl methyl sites for hydroxylation is 1. The van der Waals surface area contributed by atoms with E-state index in [4.69, 9.17) is 0 Å². The number of amides is 5. The number of hydrogen-bond donors (Lipinski definition) is 9. The SMILES string of the molecule is CSCCC(NC(=O)c1ccc(CNC(=O)CN2CCN(CC(=O)O)CCN(CC(=O)O)CCN(CC(=O)O)CC2)cc1)C(=O)NCC(=O)NC(CCCCNC(=O)CCc1cn(CC(=O)C(C)C)nn1)C(=O)O. The van der Waals surface area contributed by atoms with E-state index in [0.717, 1.165) is 0 Å². The number of thioether (sulfide) groups is 1. The van der Waals surface area contributed by atoms with Crippen LogP contribution in [0.3, 0.4) is 0 Å². The number of nitrogens with one attached hydrogen (secondary N) is 5. The maximum Gasteiger partial charge on any atom is 0.326 e. The van der Waals surface area contributed by atoms with Gasteiger partial charge >= 0.3 is 23.9 Å². The van der Waals surface area contributed by atoms with E-state index < -0.39 is 60.2 Å². The summed E-state index contributed by atoms with van der Waals surface area (Å²) in [4.78, 5) is 130. The van der Waals surface area contributed by atoms with Crippen molar-refractivity contribution < 1.29 is 68.4 Å². The van der Waals surface area contributed by atoms with Crippen molar-refractivity contribution in [2.75, 3.05) is 104 Å². The average molecular weight is 1060 g/mol. The summed E-state index contributed by atoms with van der Waals surface area (Å²) in [6, 6.07) is 4.00. The third-order valence-electron chi connectivity index (χ3n) is 11.8. The van der Waals surface area contributed by atoms with Gasteiger partial charge < -0.3 is 47.0 Å². The number of Topliss-reactive ketones (excluding diaryl/α,β-unsaturated/α-hetero) is 1. The number of carbonyl (C=O) groups excluding carboxylic acids is 6. The van der Waals surface area contributed by atoms with Crippen molar-refractivity contribution >= 4 is 71.0 Å². The fourth-order valence-electron chi connectivity index (χ4n) is 7.46. The monoisotopic (exact) mass is 1060 g/mol. The second-order valence-corrected chi connectivity index (χ2v) is 19.1. The van der Waals surface area contributed by atoms with Crippen LogP contribution in [0.15, 0.2) is 30.5 Å². The number of benzene rings is 1. The highest BCUT2D eigenvalue weighted by Gasteiger charge is 2.25. The molecule has 0 radical (unpaired) electrons. The summed E-state index contributed by atoms with van der Waals surface area (Å²) in [5.41, 5.74) is 1.43. The predicted octanol–water partition coefficient (Wildman–Crippen LogP) is -1.95. The van der Waals surface area contributed by atoms with Gasteiger partial charge in [-0.25, -0.2) is 9.48 Å². The Hall–Kier alpha value is -6.55. The molecule has 1 fully saturated rings. The van der Waals surface area contributed by atoms with Crippen molar-refractivity contribution in [3.05, 3.63) is 47.3 Å². The number of nitrogens with zero attached hydrogens (tertiary/aromatic N) is 7. The average Bonchev–Trinajstić information content (AvgIpc) is 3.79. The summed E-state index contributed by atoms with van der Waals surface area (Å²) in [5.74, 6) is -6.67. The zero-order valence-corrected chi connectivity index (χ0v) is 43.1. The highest BCUT2D eigenvalue weighted by atomic mass is 32.2. The number of aliphatic carboxylic acids is 4. The zero-order chi connectivity index (χ0) is 54.6. The minimum absolute atomic E-state index is 0.0134. The number of rotatable bonds is 31. The van der Waals surface area contributed by atoms with Crippen LogP contribution in [0.5, 0.6) is 0 Å². The van der Waals surface area contributed by atoms with Crippen molar-refractivity contribution in [2.24, 2.45) is 5.92 Å². The second kappa shape index (κ2) is 33.3. The molecule has 3 rings (SSSR count). The number of ketones is 1. The molecule has 74 heavy (non-hydrogen) atoms. The van der Waals surface area contributed by atoms with E-state index in [0.29, 0.717) is 36.3 Å². The van der Waals surface area contributed by atoms with Gasteiger partial charge in [-0.3, -0.25) is 62.8 Å². The smallest absolute Gasteiger partial charge is 0.326 e. The molecule has 1 aliphatic heterocycles. The largest absolute Gasteiger partial charge is 0.480 e. The van der Waals surface area contributed by atoms with Gasteiger partial charge in [0.1, 0.15) is 18.6 Å². The number of unbranched alkanes of at least 4 members (excludes halogenated alkanes) is 1. The van der Waals surface area contributed by atoms with Gasteiger partial charge in [0.05, 0.1) is 38.4 Å². The third kappa shape index (κ3) is 25.4. The molecule has 410 valence electrons. The maximum absolute atomic E-state index is 13.3. The van der Waals surface area contributed by atoms with Gasteiger partial charge in [-0.15, -0.1) is 5.10 Å². The van der Waals surface area contributed by atoms with Crippen LogP contribution in [0.2, 0.25) is 0 Å². The van der Waals surface area contributed by atoms with E-state index in [9.17, 15) is 68.4 Å². The molecule has 26 nitrogen and oxygen atoms in total. The van der Waals surface area contributed by atoms with Crippen LogP contribution in [0.1, 0.15) is 67.6 Å². The van der Waals surface area contributed by atoms with E-state index in [2.05, 4.69) is 36.9 Å². The summed E-state index contributed by atoms with van der Waals surface area (Å²) in [7, 11) is 0. The lowest BCUT2D eigenvalue weighted by atomic mass is 10.1. The molecule has 2 aromatic rings. The van der Waals surface area contributed by atoms with Crippen molar-refractivity contribution in [1.82, 2.24) is 61.2 Å². The molecule has 0 spiro atoms. The molecule has 0 bridgehead atoms. The lowest BCUT2D eigenvalue weighted by Crippen LogP contribution is -2.51. The second-order valence-electron chi connectivity index (χ2n) is 18.1. The third-order valence-corrected chi connectivity index (χ3v) is 12.4. The first-order valence-corrected chi connectivity index (χ1v) is 25.8. The van der Waals surface area contributed by atoms with Crippen LogP contribution < -0.4 is 26.6 Å². The van der Waals surface area contributed by atoms with Crippen LogP contribution in [-0.4, -0.2) is 230 Å². The van der Waals surface area contributed by atoms with Crippen LogP contribution >= 0.6 is 11.8 Å². The Kier molecular flexibility index (Phi) is 27.8. The van der Waals surface area contributed by atoms with Crippen molar-refractivity contribution in [1.29, 1.82) is 0 Å². The Morgan fingerprint density at radius 1 is 0.635 bits per heavy atom. The molecular formula is C47H72N12O14S. The number of hydrogen-bond acceptors (Lipinski definition) is 17. The van der Waals surface area contributed by atoms with E-state index in [1.807, 2.05) is 6.26 Å². The molecule has 0 saturated carbocycles. The van der Waals surface area contributed by atoms with Gasteiger partial charge in [-0.1, -0.05) is 31.2 Å². The molecule has 2 heterocycles. The quantitative estimate of drug-likeness (QED) is 0.0371. The van der Waals surface area contributed by atoms with Gasteiger partial charge in [0.25, 0.3) is 5.91 Å². The molecule has 9 N–H and O–H groups in total. The van der Waals surface area contributed by atoms with Crippen molar-refractivity contribution in [3.8, 4) is 0 Å². The number of carboxylic acids is 4. The summed E-state index contributed by atoms with van der Waals surface area (Å²) >= 11 is 1.44.